The van der Waals surface area contributed by atoms with Gasteiger partial charge in [-0.2, -0.15) is 0 Å². The molecule has 0 bridgehead atoms. The molecule has 0 fully saturated rings. The van der Waals surface area contributed by atoms with Crippen molar-refractivity contribution in [3.05, 3.63) is 72.6 Å². The van der Waals surface area contributed by atoms with Gasteiger partial charge in [0.15, 0.2) is 12.3 Å². The fraction of sp³-hybridized carbons (Fsp3) is 0.105. The highest BCUT2D eigenvalue weighted by molar-refractivity contribution is 6.03. The van der Waals surface area contributed by atoms with Gasteiger partial charge in [0, 0.05) is 24.3 Å². The number of ether oxygens (including phenoxy) is 1. The fourth-order valence-corrected chi connectivity index (χ4v) is 2.37. The van der Waals surface area contributed by atoms with Crippen LogP contribution in [0, 0.1) is 0 Å². The molecule has 0 aliphatic heterocycles. The maximum Gasteiger partial charge on any atom is 0.358 e. The SMILES string of the molecule is CN(C(=O)COC(=O)c1nccc2ccccc12)c1ccccc1. The molecule has 0 spiro atoms. The molecule has 3 rings (SSSR count). The van der Waals surface area contributed by atoms with Gasteiger partial charge in [-0.15, -0.1) is 0 Å². The van der Waals surface area contributed by atoms with Crippen LogP contribution in [0.3, 0.4) is 0 Å². The highest BCUT2D eigenvalue weighted by atomic mass is 16.5. The lowest BCUT2D eigenvalue weighted by Gasteiger charge is -2.17. The Labute approximate surface area is 139 Å². The number of aromatic nitrogens is 1. The number of hydrogen-bond donors (Lipinski definition) is 0. The van der Waals surface area contributed by atoms with E-state index in [0.29, 0.717) is 5.39 Å². The summed E-state index contributed by atoms with van der Waals surface area (Å²) in [7, 11) is 1.64. The number of amides is 1. The molecule has 0 aliphatic rings. The molecule has 0 unspecified atom stereocenters. The molecular formula is C19H16N2O3. The first-order chi connectivity index (χ1) is 11.7. The number of nitrogens with zero attached hydrogens (tertiary/aromatic N) is 2. The van der Waals surface area contributed by atoms with Crippen LogP contribution in [0.2, 0.25) is 0 Å². The lowest BCUT2D eigenvalue weighted by atomic mass is 10.1. The lowest BCUT2D eigenvalue weighted by molar-refractivity contribution is -0.121. The zero-order chi connectivity index (χ0) is 16.9. The minimum absolute atomic E-state index is 0.211. The summed E-state index contributed by atoms with van der Waals surface area (Å²) in [5.74, 6) is -0.920. The Morgan fingerprint density at radius 3 is 2.50 bits per heavy atom. The second-order valence-corrected chi connectivity index (χ2v) is 5.25. The van der Waals surface area contributed by atoms with Gasteiger partial charge in [-0.05, 0) is 23.6 Å². The second kappa shape index (κ2) is 6.91. The molecule has 0 saturated heterocycles. The average Bonchev–Trinajstić information content (AvgIpc) is 2.65. The number of fused-ring (bicyclic) bond motifs is 1. The molecule has 120 valence electrons. The summed E-state index contributed by atoms with van der Waals surface area (Å²) in [4.78, 5) is 30.0. The van der Waals surface area contributed by atoms with Crippen molar-refractivity contribution in [1.29, 1.82) is 0 Å². The largest absolute Gasteiger partial charge is 0.451 e. The van der Waals surface area contributed by atoms with Crippen molar-refractivity contribution in [3.8, 4) is 0 Å². The standard InChI is InChI=1S/C19H16N2O3/c1-21(15-8-3-2-4-9-15)17(22)13-24-19(23)18-16-10-6-5-7-14(16)11-12-20-18/h2-12H,13H2,1H3. The van der Waals surface area contributed by atoms with Crippen molar-refractivity contribution >= 4 is 28.3 Å². The smallest absolute Gasteiger partial charge is 0.358 e. The molecule has 1 aromatic heterocycles. The molecule has 1 heterocycles. The monoisotopic (exact) mass is 320 g/mol. The second-order valence-electron chi connectivity index (χ2n) is 5.25. The lowest BCUT2D eigenvalue weighted by Crippen LogP contribution is -2.31. The third-order valence-electron chi connectivity index (χ3n) is 3.71. The Kier molecular flexibility index (Phi) is 4.52. The van der Waals surface area contributed by atoms with Crippen molar-refractivity contribution in [3.63, 3.8) is 0 Å². The van der Waals surface area contributed by atoms with Gasteiger partial charge in [-0.3, -0.25) is 4.79 Å². The van der Waals surface area contributed by atoms with Crippen LogP contribution < -0.4 is 4.90 Å². The van der Waals surface area contributed by atoms with Crippen molar-refractivity contribution in [2.75, 3.05) is 18.6 Å². The van der Waals surface area contributed by atoms with Gasteiger partial charge in [0.05, 0.1) is 0 Å². The van der Waals surface area contributed by atoms with Crippen LogP contribution in [-0.2, 0) is 9.53 Å². The summed E-state index contributed by atoms with van der Waals surface area (Å²) in [6.07, 6.45) is 1.55. The van der Waals surface area contributed by atoms with E-state index in [1.165, 1.54) is 4.90 Å². The predicted molar refractivity (Wildman–Crippen MR) is 91.9 cm³/mol. The minimum Gasteiger partial charge on any atom is -0.451 e. The number of benzene rings is 2. The highest BCUT2D eigenvalue weighted by Gasteiger charge is 2.17. The highest BCUT2D eigenvalue weighted by Crippen LogP contribution is 2.17. The van der Waals surface area contributed by atoms with Gasteiger partial charge in [0.2, 0.25) is 0 Å². The normalized spacial score (nSPS) is 10.4. The molecule has 2 aromatic carbocycles. The van der Waals surface area contributed by atoms with E-state index >= 15 is 0 Å². The van der Waals surface area contributed by atoms with Gasteiger partial charge in [0.25, 0.3) is 5.91 Å². The molecule has 24 heavy (non-hydrogen) atoms. The Morgan fingerprint density at radius 2 is 1.71 bits per heavy atom. The minimum atomic E-state index is -0.610. The zero-order valence-electron chi connectivity index (χ0n) is 13.2. The quantitative estimate of drug-likeness (QED) is 0.693. The summed E-state index contributed by atoms with van der Waals surface area (Å²) < 4.78 is 5.15. The van der Waals surface area contributed by atoms with Gasteiger partial charge in [-0.25, -0.2) is 9.78 Å². The van der Waals surface area contributed by atoms with Crippen molar-refractivity contribution in [2.24, 2.45) is 0 Å². The van der Waals surface area contributed by atoms with Gasteiger partial charge >= 0.3 is 5.97 Å². The van der Waals surface area contributed by atoms with Crippen LogP contribution in [0.5, 0.6) is 0 Å². The number of anilines is 1. The van der Waals surface area contributed by atoms with Crippen LogP contribution in [0.15, 0.2) is 66.9 Å². The van der Waals surface area contributed by atoms with Gasteiger partial charge in [-0.1, -0.05) is 42.5 Å². The first-order valence-electron chi connectivity index (χ1n) is 7.49. The van der Waals surface area contributed by atoms with Crippen LogP contribution in [0.25, 0.3) is 10.8 Å². The van der Waals surface area contributed by atoms with Crippen LogP contribution in [-0.4, -0.2) is 30.5 Å². The zero-order valence-corrected chi connectivity index (χ0v) is 13.2. The maximum atomic E-state index is 12.3. The van der Waals surface area contributed by atoms with E-state index in [1.807, 2.05) is 54.6 Å². The molecule has 0 saturated carbocycles. The van der Waals surface area contributed by atoms with E-state index in [2.05, 4.69) is 4.98 Å². The van der Waals surface area contributed by atoms with Crippen LogP contribution in [0.1, 0.15) is 10.5 Å². The summed E-state index contributed by atoms with van der Waals surface area (Å²) in [6.45, 7) is -0.338. The Morgan fingerprint density at radius 1 is 1.00 bits per heavy atom. The van der Waals surface area contributed by atoms with Gasteiger partial charge < -0.3 is 9.64 Å². The number of esters is 1. The molecule has 5 nitrogen and oxygen atoms in total. The van der Waals surface area contributed by atoms with Crippen molar-refractivity contribution in [2.45, 2.75) is 0 Å². The summed E-state index contributed by atoms with van der Waals surface area (Å²) in [5.41, 5.74) is 0.949. The number of hydrogen-bond acceptors (Lipinski definition) is 4. The average molecular weight is 320 g/mol. The first-order valence-corrected chi connectivity index (χ1v) is 7.49. The van der Waals surface area contributed by atoms with E-state index in [0.717, 1.165) is 11.1 Å². The molecule has 1 amide bonds. The number of para-hydroxylation sites is 1. The Hall–Kier alpha value is -3.21. The van der Waals surface area contributed by atoms with E-state index in [1.54, 1.807) is 19.3 Å². The Bertz CT molecular complexity index is 873. The molecule has 0 aliphatic carbocycles. The maximum absolute atomic E-state index is 12.3. The van der Waals surface area contributed by atoms with E-state index in [9.17, 15) is 9.59 Å². The van der Waals surface area contributed by atoms with Crippen molar-refractivity contribution < 1.29 is 14.3 Å². The molecule has 5 heteroatoms. The topological polar surface area (TPSA) is 59.5 Å². The summed E-state index contributed by atoms with van der Waals surface area (Å²) in [6, 6.07) is 18.4. The molecule has 0 radical (unpaired) electrons. The van der Waals surface area contributed by atoms with E-state index < -0.39 is 5.97 Å². The Balaban J connectivity index is 1.70. The van der Waals surface area contributed by atoms with Crippen molar-refractivity contribution in [1.82, 2.24) is 4.98 Å². The molecule has 0 N–H and O–H groups in total. The van der Waals surface area contributed by atoms with E-state index in [-0.39, 0.29) is 18.2 Å². The van der Waals surface area contributed by atoms with E-state index in [4.69, 9.17) is 4.74 Å². The number of likely N-dealkylation sites (N-methyl/N-ethyl adjacent to an activating group) is 1. The predicted octanol–water partition coefficient (Wildman–Crippen LogP) is 3.05. The number of carbonyl (C=O) groups excluding carboxylic acids is 2. The third-order valence-corrected chi connectivity index (χ3v) is 3.71. The number of pyridine rings is 1. The fourth-order valence-electron chi connectivity index (χ4n) is 2.37. The van der Waals surface area contributed by atoms with Crippen LogP contribution >= 0.6 is 0 Å². The van der Waals surface area contributed by atoms with Crippen LogP contribution in [0.4, 0.5) is 5.69 Å². The molecule has 3 aromatic rings. The summed E-state index contributed by atoms with van der Waals surface area (Å²) in [5, 5.41) is 1.60. The first kappa shape index (κ1) is 15.7. The summed E-state index contributed by atoms with van der Waals surface area (Å²) >= 11 is 0. The number of rotatable bonds is 4. The molecule has 0 atom stereocenters. The molecular weight excluding hydrogens is 304 g/mol. The van der Waals surface area contributed by atoms with Gasteiger partial charge in [0.1, 0.15) is 0 Å². The number of carbonyl (C=O) groups is 2. The third kappa shape index (κ3) is 3.25.